The molecule has 2 heterocycles. The van der Waals surface area contributed by atoms with Crippen LogP contribution in [0, 0.1) is 5.92 Å². The Kier molecular flexibility index (Phi) is 9.11. The number of hydrogen-bond donors (Lipinski definition) is 0. The normalized spacial score (nSPS) is 18.7. The second kappa shape index (κ2) is 14.5. The Bertz CT molecular complexity index is 2870. The molecule has 2 nitrogen and oxygen atoms in total. The highest BCUT2D eigenvalue weighted by Gasteiger charge is 2.35. The van der Waals surface area contributed by atoms with Gasteiger partial charge >= 0.3 is 0 Å². The first-order chi connectivity index (χ1) is 27.4. The molecule has 2 heteroatoms. The van der Waals surface area contributed by atoms with Crippen molar-refractivity contribution < 1.29 is 0 Å². The number of benzene rings is 5. The molecule has 0 fully saturated rings. The van der Waals surface area contributed by atoms with Crippen LogP contribution in [0.4, 0.5) is 0 Å². The van der Waals surface area contributed by atoms with Crippen molar-refractivity contribution in [1.82, 2.24) is 9.13 Å². The molecule has 0 spiro atoms. The second-order valence-electron chi connectivity index (χ2n) is 15.6. The van der Waals surface area contributed by atoms with E-state index >= 15 is 0 Å². The number of aromatic nitrogens is 2. The number of hydrogen-bond acceptors (Lipinski definition) is 0. The maximum Gasteiger partial charge on any atom is 0.0547 e. The molecule has 2 aromatic heterocycles. The zero-order chi connectivity index (χ0) is 38.2. The molecule has 5 aromatic carbocycles. The van der Waals surface area contributed by atoms with E-state index in [9.17, 15) is 0 Å². The minimum absolute atomic E-state index is 0.317. The number of fused-ring (bicyclic) bond motifs is 8. The van der Waals surface area contributed by atoms with Crippen molar-refractivity contribution in [1.29, 1.82) is 0 Å². The van der Waals surface area contributed by atoms with Gasteiger partial charge in [0.05, 0.1) is 22.2 Å². The van der Waals surface area contributed by atoms with E-state index in [4.69, 9.17) is 0 Å². The Hall–Kier alpha value is -6.64. The van der Waals surface area contributed by atoms with E-state index in [2.05, 4.69) is 231 Å². The van der Waals surface area contributed by atoms with E-state index in [0.717, 1.165) is 11.4 Å². The third kappa shape index (κ3) is 6.08. The SMILES string of the molecule is CC(C)/C=C1/c2c(n(-c3ccc(-c4ccccc4)cc3)c3ccccc23)/C=C\c2c(ccc3c2c2ccccc2n3C2=C\C=C/C=C\C=C\C=C\C=C2)C1(C)C. The third-order valence-electron chi connectivity index (χ3n) is 11.2. The van der Waals surface area contributed by atoms with Gasteiger partial charge < -0.3 is 9.13 Å². The molecule has 9 rings (SSSR count). The summed E-state index contributed by atoms with van der Waals surface area (Å²) in [6, 6.07) is 42.2. The van der Waals surface area contributed by atoms with Crippen molar-refractivity contribution in [3.63, 3.8) is 0 Å². The first-order valence-electron chi connectivity index (χ1n) is 19.7. The van der Waals surface area contributed by atoms with Gasteiger partial charge in [-0.05, 0) is 82.3 Å². The predicted octanol–water partition coefficient (Wildman–Crippen LogP) is 14.5. The van der Waals surface area contributed by atoms with Crippen molar-refractivity contribution in [2.75, 3.05) is 0 Å². The summed E-state index contributed by atoms with van der Waals surface area (Å²) in [5, 5.41) is 3.79. The van der Waals surface area contributed by atoms with Crippen LogP contribution in [0.2, 0.25) is 0 Å². The molecule has 0 saturated carbocycles. The highest BCUT2D eigenvalue weighted by Crippen LogP contribution is 2.50. The van der Waals surface area contributed by atoms with Crippen LogP contribution in [0.5, 0.6) is 0 Å². The van der Waals surface area contributed by atoms with E-state index in [1.54, 1.807) is 0 Å². The highest BCUT2D eigenvalue weighted by atomic mass is 15.0. The van der Waals surface area contributed by atoms with Crippen molar-refractivity contribution in [3.05, 3.63) is 211 Å². The fourth-order valence-corrected chi connectivity index (χ4v) is 8.70. The summed E-state index contributed by atoms with van der Waals surface area (Å²) in [6.45, 7) is 9.45. The van der Waals surface area contributed by atoms with Gasteiger partial charge in [0.2, 0.25) is 0 Å². The fourth-order valence-electron chi connectivity index (χ4n) is 8.70. The average Bonchev–Trinajstić information content (AvgIpc) is 3.72. The lowest BCUT2D eigenvalue weighted by atomic mass is 9.70. The summed E-state index contributed by atoms with van der Waals surface area (Å²) < 4.78 is 4.89. The summed E-state index contributed by atoms with van der Waals surface area (Å²) >= 11 is 0. The maximum atomic E-state index is 2.51. The Morgan fingerprint density at radius 1 is 0.518 bits per heavy atom. The summed E-state index contributed by atoms with van der Waals surface area (Å²) in [4.78, 5) is 0. The largest absolute Gasteiger partial charge is 0.309 e. The lowest BCUT2D eigenvalue weighted by Crippen LogP contribution is -2.23. The average molecular weight is 723 g/mol. The van der Waals surface area contributed by atoms with E-state index in [1.807, 2.05) is 6.08 Å². The molecule has 2 aliphatic carbocycles. The van der Waals surface area contributed by atoms with Gasteiger partial charge in [0.15, 0.2) is 0 Å². The molecule has 2 aliphatic rings. The Balaban J connectivity index is 1.33. The molecule has 272 valence electrons. The topological polar surface area (TPSA) is 9.86 Å². The predicted molar refractivity (Wildman–Crippen MR) is 243 cm³/mol. The Morgan fingerprint density at radius 2 is 1.12 bits per heavy atom. The lowest BCUT2D eigenvalue weighted by molar-refractivity contribution is 0.681. The molecule has 56 heavy (non-hydrogen) atoms. The number of para-hydroxylation sites is 2. The molecule has 0 atom stereocenters. The van der Waals surface area contributed by atoms with Crippen molar-refractivity contribution in [2.24, 2.45) is 5.92 Å². The van der Waals surface area contributed by atoms with Crippen LogP contribution in [0.1, 0.15) is 50.1 Å². The smallest absolute Gasteiger partial charge is 0.0547 e. The maximum absolute atomic E-state index is 2.51. The van der Waals surface area contributed by atoms with E-state index in [0.29, 0.717) is 5.92 Å². The molecule has 0 radical (unpaired) electrons. The van der Waals surface area contributed by atoms with Gasteiger partial charge in [-0.2, -0.15) is 0 Å². The van der Waals surface area contributed by atoms with Crippen LogP contribution in [0.15, 0.2) is 188 Å². The van der Waals surface area contributed by atoms with Gasteiger partial charge in [-0.3, -0.25) is 0 Å². The van der Waals surface area contributed by atoms with Gasteiger partial charge in [-0.15, -0.1) is 0 Å². The Labute approximate surface area is 330 Å². The minimum atomic E-state index is -0.317. The second-order valence-corrected chi connectivity index (χ2v) is 15.6. The number of rotatable bonds is 4. The van der Waals surface area contributed by atoms with Crippen LogP contribution in [-0.4, -0.2) is 9.13 Å². The molecular weight excluding hydrogens is 677 g/mol. The zero-order valence-corrected chi connectivity index (χ0v) is 32.5. The van der Waals surface area contributed by atoms with E-state index < -0.39 is 0 Å². The van der Waals surface area contributed by atoms with Gasteiger partial charge in [0, 0.05) is 38.5 Å². The monoisotopic (exact) mass is 722 g/mol. The summed E-state index contributed by atoms with van der Waals surface area (Å²) in [5.74, 6) is 0.356. The third-order valence-corrected chi connectivity index (χ3v) is 11.2. The molecule has 0 saturated heterocycles. The van der Waals surface area contributed by atoms with Gasteiger partial charge in [0.25, 0.3) is 0 Å². The van der Waals surface area contributed by atoms with Crippen LogP contribution in [0.25, 0.3) is 72.9 Å². The molecule has 0 unspecified atom stereocenters. The van der Waals surface area contributed by atoms with Crippen molar-refractivity contribution in [3.8, 4) is 16.8 Å². The molecule has 7 aromatic rings. The Morgan fingerprint density at radius 3 is 1.84 bits per heavy atom. The standard InChI is InChI=1S/C54H46N2/c1-38(2)37-47-53-45-26-18-20-28-49(45)56(42-31-29-40(30-32-42)39-21-13-12-14-22-39)51(53)35-33-43-46(54(47,3)4)34-36-50-52(43)44-25-17-19-27-48(44)55(50)41-23-15-10-8-6-5-7-9-11-16-24-41/h5-38H,1-4H3/b6-5+,7-5?,8-6?,9-7-,10-8+,11-9?,15-10?,16-11-,23-15?,24-16?,35-33-,41-23?,41-24?,47-37-. The van der Waals surface area contributed by atoms with Crippen LogP contribution >= 0.6 is 0 Å². The first-order valence-corrected chi connectivity index (χ1v) is 19.7. The number of allylic oxidation sites excluding steroid dienone is 14. The zero-order valence-electron chi connectivity index (χ0n) is 32.5. The molecule has 0 amide bonds. The first kappa shape index (κ1) is 35.1. The lowest BCUT2D eigenvalue weighted by Gasteiger charge is -2.33. The van der Waals surface area contributed by atoms with E-state index in [1.165, 1.54) is 71.8 Å². The summed E-state index contributed by atoms with van der Waals surface area (Å²) in [6.07, 6.45) is 30.4. The summed E-state index contributed by atoms with van der Waals surface area (Å²) in [5.41, 5.74) is 14.4. The van der Waals surface area contributed by atoms with Crippen molar-refractivity contribution in [2.45, 2.75) is 33.1 Å². The molecule has 0 aliphatic heterocycles. The highest BCUT2D eigenvalue weighted by molar-refractivity contribution is 6.16. The quantitative estimate of drug-likeness (QED) is 0.171. The molecule has 0 bridgehead atoms. The van der Waals surface area contributed by atoms with Crippen molar-refractivity contribution >= 4 is 56.1 Å². The van der Waals surface area contributed by atoms with Crippen LogP contribution in [-0.2, 0) is 5.41 Å². The van der Waals surface area contributed by atoms with Crippen LogP contribution in [0.3, 0.4) is 0 Å². The molecule has 0 N–H and O–H groups in total. The molecular formula is C54H46N2. The van der Waals surface area contributed by atoms with Gasteiger partial charge in [0.1, 0.15) is 0 Å². The van der Waals surface area contributed by atoms with E-state index in [-0.39, 0.29) is 5.41 Å². The number of nitrogens with zero attached hydrogens (tertiary/aromatic N) is 2. The van der Waals surface area contributed by atoms with Crippen LogP contribution < -0.4 is 0 Å². The minimum Gasteiger partial charge on any atom is -0.309 e. The fraction of sp³-hybridized carbons (Fsp3) is 0.111. The summed E-state index contributed by atoms with van der Waals surface area (Å²) in [7, 11) is 0. The van der Waals surface area contributed by atoms with Gasteiger partial charge in [-0.25, -0.2) is 0 Å². The van der Waals surface area contributed by atoms with Gasteiger partial charge in [-0.1, -0.05) is 179 Å².